The first-order chi connectivity index (χ1) is 5.88. The lowest BCUT2D eigenvalue weighted by molar-refractivity contribution is 0.0567. The molecule has 0 amide bonds. The predicted octanol–water partition coefficient (Wildman–Crippen LogP) is 1.86. The van der Waals surface area contributed by atoms with Gasteiger partial charge in [-0.3, -0.25) is 0 Å². The molecule has 0 aromatic rings. The molecule has 0 N–H and O–H groups in total. The Balaban J connectivity index is 2.30. The summed E-state index contributed by atoms with van der Waals surface area (Å²) in [4.78, 5) is 0. The molecule has 0 aromatic heterocycles. The molecule has 0 unspecified atom stereocenters. The van der Waals surface area contributed by atoms with Crippen molar-refractivity contribution in [2.75, 3.05) is 27.4 Å². The first-order valence-corrected chi connectivity index (χ1v) is 4.51. The molecule has 0 saturated heterocycles. The van der Waals surface area contributed by atoms with Gasteiger partial charge in [-0.2, -0.15) is 0 Å². The zero-order valence-corrected chi connectivity index (χ0v) is 7.95. The average Bonchev–Trinajstić information content (AvgIpc) is 2.56. The minimum absolute atomic E-state index is 0.565. The van der Waals surface area contributed by atoms with Gasteiger partial charge in [-0.1, -0.05) is 12.2 Å². The Kier molecular flexibility index (Phi) is 4.33. The van der Waals surface area contributed by atoms with Gasteiger partial charge in [0.15, 0.2) is 0 Å². The van der Waals surface area contributed by atoms with Crippen LogP contribution in [-0.4, -0.2) is 27.4 Å². The number of hydrogen-bond acceptors (Lipinski definition) is 2. The molecule has 0 bridgehead atoms. The standard InChI is InChI=1S/C10H18O2/c1-11-7-10(8-12-2)9-5-3-4-6-9/h3-4,9-10H,5-8H2,1-2H3. The van der Waals surface area contributed by atoms with Gasteiger partial charge in [0.05, 0.1) is 13.2 Å². The third kappa shape index (κ3) is 2.61. The molecule has 2 heteroatoms. The van der Waals surface area contributed by atoms with E-state index < -0.39 is 0 Å². The first kappa shape index (κ1) is 9.75. The van der Waals surface area contributed by atoms with E-state index in [4.69, 9.17) is 9.47 Å². The van der Waals surface area contributed by atoms with Crippen molar-refractivity contribution in [1.29, 1.82) is 0 Å². The van der Waals surface area contributed by atoms with Gasteiger partial charge in [-0.05, 0) is 18.8 Å². The Morgan fingerprint density at radius 2 is 1.67 bits per heavy atom. The van der Waals surface area contributed by atoms with Crippen LogP contribution in [-0.2, 0) is 9.47 Å². The van der Waals surface area contributed by atoms with Crippen molar-refractivity contribution in [1.82, 2.24) is 0 Å². The topological polar surface area (TPSA) is 18.5 Å². The number of ether oxygens (including phenoxy) is 2. The summed E-state index contributed by atoms with van der Waals surface area (Å²) in [6, 6.07) is 0. The molecule has 1 aliphatic rings. The summed E-state index contributed by atoms with van der Waals surface area (Å²) in [5, 5.41) is 0. The molecule has 0 atom stereocenters. The lowest BCUT2D eigenvalue weighted by atomic mass is 9.92. The van der Waals surface area contributed by atoms with E-state index >= 15 is 0 Å². The maximum absolute atomic E-state index is 5.16. The second-order valence-corrected chi connectivity index (χ2v) is 3.37. The highest BCUT2D eigenvalue weighted by Crippen LogP contribution is 2.26. The van der Waals surface area contributed by atoms with E-state index in [9.17, 15) is 0 Å². The van der Waals surface area contributed by atoms with Crippen LogP contribution in [0.3, 0.4) is 0 Å². The molecular formula is C10H18O2. The summed E-state index contributed by atoms with van der Waals surface area (Å²) in [6.45, 7) is 1.64. The van der Waals surface area contributed by atoms with Crippen molar-refractivity contribution in [3.63, 3.8) is 0 Å². The van der Waals surface area contributed by atoms with Crippen molar-refractivity contribution in [2.24, 2.45) is 11.8 Å². The maximum atomic E-state index is 5.16. The van der Waals surface area contributed by atoms with Crippen molar-refractivity contribution < 1.29 is 9.47 Å². The zero-order valence-electron chi connectivity index (χ0n) is 7.95. The van der Waals surface area contributed by atoms with Crippen LogP contribution in [0.25, 0.3) is 0 Å². The molecule has 0 aliphatic heterocycles. The number of methoxy groups -OCH3 is 2. The van der Waals surface area contributed by atoms with E-state index in [1.165, 1.54) is 12.8 Å². The van der Waals surface area contributed by atoms with E-state index in [0.29, 0.717) is 5.92 Å². The fourth-order valence-corrected chi connectivity index (χ4v) is 1.77. The average molecular weight is 170 g/mol. The smallest absolute Gasteiger partial charge is 0.0515 e. The van der Waals surface area contributed by atoms with Crippen LogP contribution >= 0.6 is 0 Å². The third-order valence-electron chi connectivity index (χ3n) is 2.47. The molecule has 2 nitrogen and oxygen atoms in total. The zero-order chi connectivity index (χ0) is 8.81. The van der Waals surface area contributed by atoms with Crippen molar-refractivity contribution in [3.05, 3.63) is 12.2 Å². The van der Waals surface area contributed by atoms with Crippen LogP contribution < -0.4 is 0 Å². The highest BCUT2D eigenvalue weighted by Gasteiger charge is 2.21. The van der Waals surface area contributed by atoms with Crippen molar-refractivity contribution in [2.45, 2.75) is 12.8 Å². The van der Waals surface area contributed by atoms with Gasteiger partial charge in [0.25, 0.3) is 0 Å². The summed E-state index contributed by atoms with van der Waals surface area (Å²) in [5.74, 6) is 1.31. The van der Waals surface area contributed by atoms with Gasteiger partial charge in [0.1, 0.15) is 0 Å². The summed E-state index contributed by atoms with van der Waals surface area (Å²) >= 11 is 0. The largest absolute Gasteiger partial charge is 0.384 e. The first-order valence-electron chi connectivity index (χ1n) is 4.51. The number of rotatable bonds is 5. The SMILES string of the molecule is COCC(COC)C1CC=CC1. The van der Waals surface area contributed by atoms with Crippen molar-refractivity contribution >= 4 is 0 Å². The monoisotopic (exact) mass is 170 g/mol. The fourth-order valence-electron chi connectivity index (χ4n) is 1.77. The fraction of sp³-hybridized carbons (Fsp3) is 0.800. The van der Waals surface area contributed by atoms with Crippen LogP contribution in [0.2, 0.25) is 0 Å². The van der Waals surface area contributed by atoms with Crippen LogP contribution in [0.1, 0.15) is 12.8 Å². The Bertz CT molecular complexity index is 129. The minimum atomic E-state index is 0.565. The maximum Gasteiger partial charge on any atom is 0.0515 e. The third-order valence-corrected chi connectivity index (χ3v) is 2.47. The van der Waals surface area contributed by atoms with Crippen LogP contribution in [0.4, 0.5) is 0 Å². The molecule has 12 heavy (non-hydrogen) atoms. The predicted molar refractivity (Wildman–Crippen MR) is 49.1 cm³/mol. The Morgan fingerprint density at radius 1 is 1.17 bits per heavy atom. The highest BCUT2D eigenvalue weighted by molar-refractivity contribution is 4.96. The second kappa shape index (κ2) is 5.33. The van der Waals surface area contributed by atoms with Gasteiger partial charge in [0, 0.05) is 20.1 Å². The summed E-state index contributed by atoms with van der Waals surface area (Å²) in [5.41, 5.74) is 0. The molecule has 0 spiro atoms. The van der Waals surface area contributed by atoms with Crippen LogP contribution in [0, 0.1) is 11.8 Å². The van der Waals surface area contributed by atoms with E-state index in [1.807, 2.05) is 0 Å². The molecular weight excluding hydrogens is 152 g/mol. The Morgan fingerprint density at radius 3 is 2.08 bits per heavy atom. The quantitative estimate of drug-likeness (QED) is 0.586. The lowest BCUT2D eigenvalue weighted by Gasteiger charge is -2.21. The highest BCUT2D eigenvalue weighted by atomic mass is 16.5. The van der Waals surface area contributed by atoms with E-state index in [-0.39, 0.29) is 0 Å². The summed E-state index contributed by atoms with van der Waals surface area (Å²) < 4.78 is 10.3. The van der Waals surface area contributed by atoms with Gasteiger partial charge in [-0.25, -0.2) is 0 Å². The van der Waals surface area contributed by atoms with E-state index in [0.717, 1.165) is 19.1 Å². The molecule has 0 fully saturated rings. The molecule has 0 radical (unpaired) electrons. The normalized spacial score (nSPS) is 17.9. The molecule has 0 aromatic carbocycles. The van der Waals surface area contributed by atoms with Gasteiger partial charge in [-0.15, -0.1) is 0 Å². The van der Waals surface area contributed by atoms with Gasteiger partial charge < -0.3 is 9.47 Å². The van der Waals surface area contributed by atoms with Crippen LogP contribution in [0.15, 0.2) is 12.2 Å². The molecule has 1 rings (SSSR count). The molecule has 1 aliphatic carbocycles. The van der Waals surface area contributed by atoms with Crippen molar-refractivity contribution in [3.8, 4) is 0 Å². The van der Waals surface area contributed by atoms with Gasteiger partial charge in [0.2, 0.25) is 0 Å². The lowest BCUT2D eigenvalue weighted by Crippen LogP contribution is -2.22. The van der Waals surface area contributed by atoms with E-state index in [2.05, 4.69) is 12.2 Å². The number of allylic oxidation sites excluding steroid dienone is 2. The van der Waals surface area contributed by atoms with Gasteiger partial charge >= 0.3 is 0 Å². The Labute approximate surface area is 74.6 Å². The summed E-state index contributed by atoms with van der Waals surface area (Å²) in [6.07, 6.45) is 6.89. The minimum Gasteiger partial charge on any atom is -0.384 e. The summed E-state index contributed by atoms with van der Waals surface area (Å²) in [7, 11) is 3.51. The van der Waals surface area contributed by atoms with Crippen LogP contribution in [0.5, 0.6) is 0 Å². The molecule has 0 heterocycles. The molecule has 0 saturated carbocycles. The Hall–Kier alpha value is -0.340. The number of hydrogen-bond donors (Lipinski definition) is 0. The molecule has 70 valence electrons. The second-order valence-electron chi connectivity index (χ2n) is 3.37. The van der Waals surface area contributed by atoms with E-state index in [1.54, 1.807) is 14.2 Å².